The Labute approximate surface area is 156 Å². The lowest BCUT2D eigenvalue weighted by Crippen LogP contribution is -2.35. The van der Waals surface area contributed by atoms with E-state index in [1.807, 2.05) is 30.3 Å². The largest absolute Gasteiger partial charge is 0.360 e. The van der Waals surface area contributed by atoms with Crippen molar-refractivity contribution in [2.75, 3.05) is 18.9 Å². The number of carbonyl (C=O) groups is 2. The Balaban J connectivity index is 1.55. The zero-order chi connectivity index (χ0) is 19.0. The highest BCUT2D eigenvalue weighted by Gasteiger charge is 2.27. The van der Waals surface area contributed by atoms with Crippen LogP contribution in [0.25, 0.3) is 10.9 Å². The number of amides is 2. The summed E-state index contributed by atoms with van der Waals surface area (Å²) in [4.78, 5) is 31.3. The van der Waals surface area contributed by atoms with Crippen LogP contribution in [0.2, 0.25) is 0 Å². The second-order valence-corrected chi connectivity index (χ2v) is 6.92. The highest BCUT2D eigenvalue weighted by Crippen LogP contribution is 2.40. The summed E-state index contributed by atoms with van der Waals surface area (Å²) in [5.41, 5.74) is 2.34. The first kappa shape index (κ1) is 17.2. The van der Waals surface area contributed by atoms with E-state index < -0.39 is 0 Å². The number of benzene rings is 1. The molecule has 27 heavy (non-hydrogen) atoms. The van der Waals surface area contributed by atoms with Gasteiger partial charge in [-0.05, 0) is 31.9 Å². The van der Waals surface area contributed by atoms with Crippen molar-refractivity contribution < 1.29 is 14.1 Å². The molecular weight excluding hydrogens is 344 g/mol. The van der Waals surface area contributed by atoms with Gasteiger partial charge in [0.05, 0.1) is 17.6 Å². The van der Waals surface area contributed by atoms with Gasteiger partial charge in [-0.2, -0.15) is 0 Å². The maximum Gasteiger partial charge on any atom is 0.254 e. The maximum atomic E-state index is 13.0. The maximum absolute atomic E-state index is 13.0. The van der Waals surface area contributed by atoms with Crippen LogP contribution in [0.5, 0.6) is 0 Å². The topological polar surface area (TPSA) is 88.3 Å². The molecule has 7 nitrogen and oxygen atoms in total. The molecule has 0 spiro atoms. The van der Waals surface area contributed by atoms with Crippen molar-refractivity contribution in [3.8, 4) is 0 Å². The third kappa shape index (κ3) is 3.67. The van der Waals surface area contributed by atoms with Crippen molar-refractivity contribution in [1.82, 2.24) is 15.0 Å². The number of pyridine rings is 1. The smallest absolute Gasteiger partial charge is 0.254 e. The number of nitrogens with one attached hydrogen (secondary N) is 1. The molecule has 2 heterocycles. The third-order valence-corrected chi connectivity index (χ3v) is 4.58. The van der Waals surface area contributed by atoms with Gasteiger partial charge in [-0.3, -0.25) is 14.6 Å². The second-order valence-electron chi connectivity index (χ2n) is 6.92. The summed E-state index contributed by atoms with van der Waals surface area (Å²) in [5.74, 6) is 0.835. The van der Waals surface area contributed by atoms with Gasteiger partial charge in [-0.1, -0.05) is 23.4 Å². The van der Waals surface area contributed by atoms with E-state index in [9.17, 15) is 9.59 Å². The van der Waals surface area contributed by atoms with Gasteiger partial charge < -0.3 is 14.7 Å². The summed E-state index contributed by atoms with van der Waals surface area (Å²) in [6.07, 6.45) is 2.21. The molecule has 1 aromatic carbocycles. The molecule has 4 rings (SSSR count). The van der Waals surface area contributed by atoms with Crippen LogP contribution in [-0.4, -0.2) is 40.4 Å². The molecular formula is C20H20N4O3. The number of aryl methyl sites for hydroxylation is 1. The first-order valence-corrected chi connectivity index (χ1v) is 8.89. The summed E-state index contributed by atoms with van der Waals surface area (Å²) in [5, 5.41) is 7.15. The number of hydrogen-bond acceptors (Lipinski definition) is 5. The lowest BCUT2D eigenvalue weighted by molar-refractivity contribution is -0.116. The molecule has 0 saturated heterocycles. The molecule has 138 valence electrons. The van der Waals surface area contributed by atoms with E-state index in [-0.39, 0.29) is 18.4 Å². The van der Waals surface area contributed by atoms with Gasteiger partial charge in [-0.25, -0.2) is 0 Å². The van der Waals surface area contributed by atoms with E-state index >= 15 is 0 Å². The van der Waals surface area contributed by atoms with Crippen molar-refractivity contribution in [3.05, 3.63) is 53.4 Å². The molecule has 7 heteroatoms. The van der Waals surface area contributed by atoms with Gasteiger partial charge in [0.25, 0.3) is 5.91 Å². The number of aromatic nitrogens is 2. The van der Waals surface area contributed by atoms with E-state index in [1.54, 1.807) is 20.0 Å². The fourth-order valence-corrected chi connectivity index (χ4v) is 3.06. The van der Waals surface area contributed by atoms with Crippen LogP contribution in [0.3, 0.4) is 0 Å². The van der Waals surface area contributed by atoms with Crippen molar-refractivity contribution in [1.29, 1.82) is 0 Å². The number of nitrogens with zero attached hydrogens (tertiary/aromatic N) is 3. The Bertz CT molecular complexity index is 1020. The molecule has 0 unspecified atom stereocenters. The molecule has 0 bridgehead atoms. The molecule has 0 radical (unpaired) electrons. The number of likely N-dealkylation sites (N-methyl/N-ethyl adjacent to an activating group) is 1. The third-order valence-electron chi connectivity index (χ3n) is 4.58. The Kier molecular flexibility index (Phi) is 4.35. The van der Waals surface area contributed by atoms with Crippen molar-refractivity contribution in [3.63, 3.8) is 0 Å². The molecule has 2 amide bonds. The van der Waals surface area contributed by atoms with Gasteiger partial charge in [0.2, 0.25) is 5.91 Å². The zero-order valence-electron chi connectivity index (χ0n) is 15.2. The van der Waals surface area contributed by atoms with Crippen LogP contribution in [0.15, 0.2) is 40.9 Å². The van der Waals surface area contributed by atoms with Crippen LogP contribution in [0, 0.1) is 6.92 Å². The number of fused-ring (bicyclic) bond motifs is 1. The summed E-state index contributed by atoms with van der Waals surface area (Å²) in [6.45, 7) is 1.66. The molecule has 3 aromatic rings. The minimum atomic E-state index is -0.333. The molecule has 2 aromatic heterocycles. The lowest BCUT2D eigenvalue weighted by Gasteiger charge is -2.18. The summed E-state index contributed by atoms with van der Waals surface area (Å²) in [7, 11) is 1.61. The second kappa shape index (κ2) is 6.83. The van der Waals surface area contributed by atoms with Gasteiger partial charge >= 0.3 is 0 Å². The number of hydrogen-bond donors (Lipinski definition) is 1. The van der Waals surface area contributed by atoms with Gasteiger partial charge in [-0.15, -0.1) is 0 Å². The lowest BCUT2D eigenvalue weighted by atomic mass is 10.0. The van der Waals surface area contributed by atoms with Gasteiger partial charge in [0, 0.05) is 30.1 Å². The highest BCUT2D eigenvalue weighted by molar-refractivity contribution is 6.07. The summed E-state index contributed by atoms with van der Waals surface area (Å²) >= 11 is 0. The fraction of sp³-hybridized carbons (Fsp3) is 0.300. The predicted molar refractivity (Wildman–Crippen MR) is 101 cm³/mol. The van der Waals surface area contributed by atoms with Gasteiger partial charge in [0.1, 0.15) is 5.76 Å². The number of para-hydroxylation sites is 1. The van der Waals surface area contributed by atoms with Crippen molar-refractivity contribution in [2.45, 2.75) is 25.7 Å². The number of anilines is 1. The Morgan fingerprint density at radius 2 is 2.04 bits per heavy atom. The van der Waals surface area contributed by atoms with Crippen molar-refractivity contribution >= 4 is 28.5 Å². The van der Waals surface area contributed by atoms with Gasteiger partial charge in [0.15, 0.2) is 5.82 Å². The molecule has 1 aliphatic rings. The highest BCUT2D eigenvalue weighted by atomic mass is 16.5. The fourth-order valence-electron chi connectivity index (χ4n) is 3.06. The normalized spacial score (nSPS) is 13.6. The number of rotatable bonds is 5. The van der Waals surface area contributed by atoms with E-state index in [2.05, 4.69) is 10.5 Å². The quantitative estimate of drug-likeness (QED) is 0.751. The molecule has 1 saturated carbocycles. The molecule has 0 atom stereocenters. The van der Waals surface area contributed by atoms with Crippen LogP contribution >= 0.6 is 0 Å². The van der Waals surface area contributed by atoms with Crippen LogP contribution in [-0.2, 0) is 4.79 Å². The predicted octanol–water partition coefficient (Wildman–Crippen LogP) is 3.12. The Morgan fingerprint density at radius 1 is 1.26 bits per heavy atom. The van der Waals surface area contributed by atoms with E-state index in [0.717, 1.165) is 29.4 Å². The minimum Gasteiger partial charge on any atom is -0.360 e. The van der Waals surface area contributed by atoms with E-state index in [0.29, 0.717) is 23.1 Å². The van der Waals surface area contributed by atoms with Crippen molar-refractivity contribution in [2.24, 2.45) is 0 Å². The minimum absolute atomic E-state index is 0.0832. The molecule has 1 fully saturated rings. The summed E-state index contributed by atoms with van der Waals surface area (Å²) < 4.78 is 4.92. The summed E-state index contributed by atoms with van der Waals surface area (Å²) in [6, 6.07) is 11.1. The Hall–Kier alpha value is -3.22. The molecule has 1 aliphatic carbocycles. The first-order chi connectivity index (χ1) is 13.0. The molecule has 0 aliphatic heterocycles. The van der Waals surface area contributed by atoms with E-state index in [1.165, 1.54) is 4.90 Å². The monoisotopic (exact) mass is 364 g/mol. The molecule has 1 N–H and O–H groups in total. The average molecular weight is 364 g/mol. The number of carbonyl (C=O) groups excluding carboxylic acids is 2. The SMILES string of the molecule is Cc1cc(NC(=O)CN(C)C(=O)c2cc(C3CC3)nc3ccccc23)no1. The zero-order valence-corrected chi connectivity index (χ0v) is 15.2. The first-order valence-electron chi connectivity index (χ1n) is 8.89. The standard InChI is InChI=1S/C20H20N4O3/c1-12-9-18(23-27-12)22-19(25)11-24(2)20(26)15-10-17(13-7-8-13)21-16-6-4-3-5-14(15)16/h3-6,9-10,13H,7-8,11H2,1-2H3,(H,22,23,25). The Morgan fingerprint density at radius 3 is 2.74 bits per heavy atom. The van der Waals surface area contributed by atoms with Crippen LogP contribution in [0.4, 0.5) is 5.82 Å². The van der Waals surface area contributed by atoms with Crippen LogP contribution < -0.4 is 5.32 Å². The average Bonchev–Trinajstić information content (AvgIpc) is 3.43. The van der Waals surface area contributed by atoms with Crippen LogP contribution in [0.1, 0.15) is 40.6 Å². The van der Waals surface area contributed by atoms with E-state index in [4.69, 9.17) is 9.51 Å².